The Kier molecular flexibility index (Phi) is 5.75. The van der Waals surface area contributed by atoms with E-state index in [1.54, 1.807) is 53.1 Å². The number of nitrogens with zero attached hydrogens (tertiary/aromatic N) is 3. The summed E-state index contributed by atoms with van der Waals surface area (Å²) in [6, 6.07) is 4.83. The summed E-state index contributed by atoms with van der Waals surface area (Å²) in [5, 5.41) is 24.8. The summed E-state index contributed by atoms with van der Waals surface area (Å²) in [4.78, 5) is 5.09. The largest absolute Gasteiger partial charge is 0.495 e. The van der Waals surface area contributed by atoms with E-state index in [2.05, 4.69) is 10.1 Å². The average molecular weight is 551 g/mol. The highest BCUT2D eigenvalue weighted by Gasteiger charge is 2.39. The molecule has 0 bridgehead atoms. The third kappa shape index (κ3) is 3.78. The molecule has 2 N–H and O–H groups in total. The van der Waals surface area contributed by atoms with Crippen LogP contribution in [0.4, 0.5) is 0 Å². The van der Waals surface area contributed by atoms with Crippen LogP contribution in [0.1, 0.15) is 31.5 Å². The normalized spacial score (nSPS) is 14.9. The van der Waals surface area contributed by atoms with Crippen molar-refractivity contribution in [3.63, 3.8) is 0 Å². The smallest absolute Gasteiger partial charge is 0.213 e. The molecule has 2 aromatic heterocycles. The number of hydrogen-bond acceptors (Lipinski definition) is 8. The molecule has 0 fully saturated rings. The SMILES string of the molecule is COc1ccc(-c2c(C)nc3sc(C(C)(C)O)nn23)cc1S(=O)(=O)C(C)(I)CO. The Morgan fingerprint density at radius 3 is 2.52 bits per heavy atom. The summed E-state index contributed by atoms with van der Waals surface area (Å²) < 4.78 is 31.8. The van der Waals surface area contributed by atoms with Gasteiger partial charge < -0.3 is 14.9 Å². The van der Waals surface area contributed by atoms with Crippen LogP contribution in [0.25, 0.3) is 16.2 Å². The third-order valence-corrected chi connectivity index (χ3v) is 9.92. The summed E-state index contributed by atoms with van der Waals surface area (Å²) in [6.45, 7) is 6.01. The second-order valence-electron chi connectivity index (χ2n) is 7.34. The van der Waals surface area contributed by atoms with Gasteiger partial charge in [-0.05, 0) is 45.9 Å². The Morgan fingerprint density at radius 1 is 1.31 bits per heavy atom. The lowest BCUT2D eigenvalue weighted by Crippen LogP contribution is -2.32. The Bertz CT molecular complexity index is 1180. The van der Waals surface area contributed by atoms with Gasteiger partial charge in [-0.2, -0.15) is 5.10 Å². The first kappa shape index (κ1) is 22.4. The minimum Gasteiger partial charge on any atom is -0.495 e. The van der Waals surface area contributed by atoms with E-state index < -0.39 is 24.8 Å². The summed E-state index contributed by atoms with van der Waals surface area (Å²) in [7, 11) is -2.51. The van der Waals surface area contributed by atoms with E-state index in [0.717, 1.165) is 0 Å². The molecule has 0 amide bonds. The maximum absolute atomic E-state index is 13.2. The molecule has 1 unspecified atom stereocenters. The number of aryl methyl sites for hydroxylation is 1. The second kappa shape index (κ2) is 7.45. The number of aromatic nitrogens is 3. The summed E-state index contributed by atoms with van der Waals surface area (Å²) >= 11 is 3.00. The van der Waals surface area contributed by atoms with Gasteiger partial charge in [-0.1, -0.05) is 33.9 Å². The second-order valence-corrected chi connectivity index (χ2v) is 13.8. The lowest BCUT2D eigenvalue weighted by molar-refractivity contribution is 0.0773. The minimum absolute atomic E-state index is 0.0178. The van der Waals surface area contributed by atoms with E-state index in [9.17, 15) is 18.6 Å². The van der Waals surface area contributed by atoms with E-state index in [-0.39, 0.29) is 10.6 Å². The van der Waals surface area contributed by atoms with Crippen LogP contribution in [-0.2, 0) is 15.4 Å². The third-order valence-electron chi connectivity index (χ3n) is 4.47. The summed E-state index contributed by atoms with van der Waals surface area (Å²) in [5.41, 5.74) is 0.783. The van der Waals surface area contributed by atoms with Crippen molar-refractivity contribution in [3.8, 4) is 17.0 Å². The van der Waals surface area contributed by atoms with E-state index >= 15 is 0 Å². The van der Waals surface area contributed by atoms with Gasteiger partial charge in [0.2, 0.25) is 4.96 Å². The zero-order valence-corrected chi connectivity index (χ0v) is 20.4. The van der Waals surface area contributed by atoms with E-state index in [4.69, 9.17) is 4.74 Å². The van der Waals surface area contributed by atoms with Crippen LogP contribution in [0.15, 0.2) is 23.1 Å². The number of benzene rings is 1. The first-order valence-electron chi connectivity index (χ1n) is 8.65. The Labute approximate surface area is 186 Å². The van der Waals surface area contributed by atoms with Gasteiger partial charge in [-0.15, -0.1) is 0 Å². The molecule has 0 aliphatic heterocycles. The maximum atomic E-state index is 13.2. The Balaban J connectivity index is 2.26. The van der Waals surface area contributed by atoms with Crippen molar-refractivity contribution >= 4 is 48.7 Å². The van der Waals surface area contributed by atoms with Crippen molar-refractivity contribution < 1.29 is 23.4 Å². The number of rotatable bonds is 6. The van der Waals surface area contributed by atoms with E-state index in [0.29, 0.717) is 26.9 Å². The lowest BCUT2D eigenvalue weighted by Gasteiger charge is -2.22. The molecule has 11 heteroatoms. The highest BCUT2D eigenvalue weighted by molar-refractivity contribution is 14.1. The molecule has 0 aliphatic rings. The number of sulfone groups is 1. The van der Waals surface area contributed by atoms with Gasteiger partial charge in [-0.3, -0.25) is 0 Å². The van der Waals surface area contributed by atoms with Gasteiger partial charge in [0.15, 0.2) is 9.84 Å². The molecule has 0 saturated carbocycles. The van der Waals surface area contributed by atoms with Crippen LogP contribution >= 0.6 is 33.9 Å². The van der Waals surface area contributed by atoms with Crippen molar-refractivity contribution in [1.29, 1.82) is 0 Å². The van der Waals surface area contributed by atoms with Crippen molar-refractivity contribution in [2.75, 3.05) is 13.7 Å². The minimum atomic E-state index is -3.90. The fourth-order valence-corrected chi connectivity index (χ4v) is 5.76. The van der Waals surface area contributed by atoms with Crippen LogP contribution in [-0.4, -0.2) is 49.7 Å². The number of halogens is 1. The highest BCUT2D eigenvalue weighted by atomic mass is 127. The molecule has 1 aromatic carbocycles. The molecule has 8 nitrogen and oxygen atoms in total. The zero-order valence-electron chi connectivity index (χ0n) is 16.6. The molecule has 0 radical (unpaired) electrons. The monoisotopic (exact) mass is 551 g/mol. The van der Waals surface area contributed by atoms with Gasteiger partial charge in [0.1, 0.15) is 24.0 Å². The summed E-state index contributed by atoms with van der Waals surface area (Å²) in [6.07, 6.45) is 0. The summed E-state index contributed by atoms with van der Waals surface area (Å²) in [5.74, 6) is 0.193. The van der Waals surface area contributed by atoms with Gasteiger partial charge in [0.05, 0.1) is 25.1 Å². The number of hydrogen-bond donors (Lipinski definition) is 2. The lowest BCUT2D eigenvalue weighted by atomic mass is 10.1. The van der Waals surface area contributed by atoms with E-state index in [1.807, 2.05) is 6.92 Å². The molecule has 3 aromatic rings. The van der Waals surface area contributed by atoms with Crippen molar-refractivity contribution in [2.24, 2.45) is 0 Å². The number of imidazole rings is 1. The highest BCUT2D eigenvalue weighted by Crippen LogP contribution is 2.39. The van der Waals surface area contributed by atoms with Gasteiger partial charge >= 0.3 is 0 Å². The first-order chi connectivity index (χ1) is 13.3. The number of methoxy groups -OCH3 is 1. The van der Waals surface area contributed by atoms with Gasteiger partial charge in [-0.25, -0.2) is 17.9 Å². The van der Waals surface area contributed by atoms with Crippen LogP contribution in [0, 0.1) is 6.92 Å². The fourth-order valence-electron chi connectivity index (χ4n) is 2.78. The number of alkyl halides is 1. The number of aliphatic hydroxyl groups is 2. The quantitative estimate of drug-likeness (QED) is 0.358. The van der Waals surface area contributed by atoms with Crippen molar-refractivity contribution in [3.05, 3.63) is 28.9 Å². The molecular formula is C18H22IN3O5S2. The molecule has 1 atom stereocenters. The predicted octanol–water partition coefficient (Wildman–Crippen LogP) is 2.92. The topological polar surface area (TPSA) is 114 Å². The molecule has 3 rings (SSSR count). The maximum Gasteiger partial charge on any atom is 0.213 e. The number of ether oxygens (including phenoxy) is 1. The molecule has 0 spiro atoms. The molecule has 158 valence electrons. The van der Waals surface area contributed by atoms with Crippen LogP contribution < -0.4 is 4.74 Å². The number of fused-ring (bicyclic) bond motifs is 1. The average Bonchev–Trinajstić information content (AvgIpc) is 3.17. The standard InChI is InChI=1S/C18H22IN3O5S2/c1-10-14(22-16(20-10)28-15(21-22)17(2,3)24)11-6-7-12(27-5)13(8-11)29(25,26)18(4,19)9-23/h6-8,23-24H,9H2,1-5H3. The van der Waals surface area contributed by atoms with Crippen molar-refractivity contribution in [1.82, 2.24) is 14.6 Å². The first-order valence-corrected chi connectivity index (χ1v) is 12.0. The predicted molar refractivity (Wildman–Crippen MR) is 120 cm³/mol. The fraction of sp³-hybridized carbons (Fsp3) is 0.444. The van der Waals surface area contributed by atoms with Gasteiger partial charge in [0, 0.05) is 5.56 Å². The van der Waals surface area contributed by atoms with E-state index in [1.165, 1.54) is 31.4 Å². The molecule has 0 saturated heterocycles. The molecule has 0 aliphatic carbocycles. The van der Waals surface area contributed by atoms with Crippen LogP contribution in [0.2, 0.25) is 0 Å². The van der Waals surface area contributed by atoms with Crippen molar-refractivity contribution in [2.45, 2.75) is 40.9 Å². The molecular weight excluding hydrogens is 529 g/mol. The zero-order chi connectivity index (χ0) is 21.8. The Morgan fingerprint density at radius 2 is 1.97 bits per heavy atom. The molecule has 2 heterocycles. The molecule has 29 heavy (non-hydrogen) atoms. The Hall–Kier alpha value is -1.28. The van der Waals surface area contributed by atoms with Crippen LogP contribution in [0.3, 0.4) is 0 Å². The van der Waals surface area contributed by atoms with Gasteiger partial charge in [0.25, 0.3) is 0 Å². The van der Waals surface area contributed by atoms with Crippen LogP contribution in [0.5, 0.6) is 5.75 Å². The number of aliphatic hydroxyl groups excluding tert-OH is 1.